The molecule has 40 heavy (non-hydrogen) atoms. The molecule has 0 aromatic heterocycles. The van der Waals surface area contributed by atoms with Crippen molar-refractivity contribution in [3.63, 3.8) is 0 Å². The molecule has 2 saturated carbocycles. The van der Waals surface area contributed by atoms with E-state index in [0.29, 0.717) is 12.8 Å². The number of ketones is 3. The van der Waals surface area contributed by atoms with Crippen molar-refractivity contribution in [1.82, 2.24) is 0 Å². The minimum atomic E-state index is -1.92. The minimum Gasteiger partial charge on any atom is -0.505 e. The van der Waals surface area contributed by atoms with Crippen molar-refractivity contribution in [2.45, 2.75) is 112 Å². The molecule has 3 unspecified atom stereocenters. The van der Waals surface area contributed by atoms with E-state index in [1.165, 1.54) is 19.9 Å². The van der Waals surface area contributed by atoms with Crippen LogP contribution in [0.3, 0.4) is 0 Å². The third-order valence-electron chi connectivity index (χ3n) is 11.6. The van der Waals surface area contributed by atoms with Gasteiger partial charge in [0.05, 0.1) is 11.5 Å². The van der Waals surface area contributed by atoms with Crippen molar-refractivity contribution in [2.75, 3.05) is 0 Å². The molecule has 4 aliphatic rings. The zero-order chi connectivity index (χ0) is 30.4. The van der Waals surface area contributed by atoms with Crippen LogP contribution in [0.4, 0.5) is 0 Å². The fourth-order valence-corrected chi connectivity index (χ4v) is 9.26. The molecule has 0 saturated heterocycles. The highest BCUT2D eigenvalue weighted by Gasteiger charge is 2.74. The zero-order valence-electron chi connectivity index (χ0n) is 25.4. The van der Waals surface area contributed by atoms with Crippen molar-refractivity contribution in [2.24, 2.45) is 39.4 Å². The monoisotopic (exact) mass is 558 g/mol. The van der Waals surface area contributed by atoms with Crippen LogP contribution in [-0.4, -0.2) is 55.9 Å². The van der Waals surface area contributed by atoms with Crippen LogP contribution in [0.15, 0.2) is 23.5 Å². The highest BCUT2D eigenvalue weighted by Crippen LogP contribution is 2.73. The van der Waals surface area contributed by atoms with Crippen LogP contribution in [0.25, 0.3) is 0 Å². The lowest BCUT2D eigenvalue weighted by molar-refractivity contribution is -0.181. The zero-order valence-corrected chi connectivity index (χ0v) is 25.4. The number of fused-ring (bicyclic) bond motifs is 5. The van der Waals surface area contributed by atoms with Gasteiger partial charge in [0.2, 0.25) is 5.78 Å². The van der Waals surface area contributed by atoms with Crippen molar-refractivity contribution in [1.29, 1.82) is 0 Å². The van der Waals surface area contributed by atoms with Crippen LogP contribution in [0, 0.1) is 39.4 Å². The first-order chi connectivity index (χ1) is 18.1. The topological polar surface area (TPSA) is 138 Å². The number of carbonyl (C=O) groups is 4. The van der Waals surface area contributed by atoms with Crippen LogP contribution >= 0.6 is 0 Å². The van der Waals surface area contributed by atoms with E-state index in [9.17, 15) is 34.5 Å². The Kier molecular flexibility index (Phi) is 6.96. The molecule has 0 aromatic carbocycles. The summed E-state index contributed by atoms with van der Waals surface area (Å²) in [5.41, 5.74) is -5.36. The van der Waals surface area contributed by atoms with E-state index in [0.717, 1.165) is 5.57 Å². The number of rotatable bonds is 6. The van der Waals surface area contributed by atoms with E-state index in [2.05, 4.69) is 6.92 Å². The fourth-order valence-electron chi connectivity index (χ4n) is 9.26. The Morgan fingerprint density at radius 1 is 1.07 bits per heavy atom. The Morgan fingerprint density at radius 3 is 2.25 bits per heavy atom. The average molecular weight is 559 g/mol. The molecule has 8 nitrogen and oxygen atoms in total. The van der Waals surface area contributed by atoms with Crippen LogP contribution in [0.5, 0.6) is 0 Å². The molecule has 4 aliphatic carbocycles. The first-order valence-electron chi connectivity index (χ1n) is 14.4. The van der Waals surface area contributed by atoms with Crippen molar-refractivity contribution in [3.05, 3.63) is 23.5 Å². The summed E-state index contributed by atoms with van der Waals surface area (Å²) in [5.74, 6) is -3.26. The van der Waals surface area contributed by atoms with Gasteiger partial charge in [-0.25, -0.2) is 0 Å². The Morgan fingerprint density at radius 2 is 1.68 bits per heavy atom. The van der Waals surface area contributed by atoms with E-state index in [4.69, 9.17) is 4.74 Å². The van der Waals surface area contributed by atoms with Gasteiger partial charge in [-0.3, -0.25) is 19.2 Å². The molecular weight excluding hydrogens is 512 g/mol. The number of allylic oxidation sites excluding steroid dienone is 4. The Hall–Kier alpha value is -2.32. The lowest BCUT2D eigenvalue weighted by Crippen LogP contribution is -2.64. The molecular formula is C32H46O8. The molecule has 8 heteroatoms. The lowest BCUT2D eigenvalue weighted by Gasteiger charge is -2.63. The standard InChI is InChI=1S/C32H46O8/c1-17(33)40-27(2,3)13-12-23(36)32(9,39)25-21(35)15-29(6)22-11-10-18-19(14-20(34)26(38)28(18,4)5)31(22,8)24(37)16-30(25,29)7/h10,14,19,21-22,25,34-35,39H,11-13,15-16H2,1-9H3/t19?,21-,22?,25+,29+,30-,31+,32?/m1/s1. The maximum absolute atomic E-state index is 14.3. The number of aliphatic hydroxyl groups is 3. The molecule has 0 aromatic rings. The van der Waals surface area contributed by atoms with Gasteiger partial charge in [-0.05, 0) is 76.7 Å². The summed E-state index contributed by atoms with van der Waals surface area (Å²) in [4.78, 5) is 52.1. The van der Waals surface area contributed by atoms with E-state index in [-0.39, 0.29) is 42.5 Å². The largest absolute Gasteiger partial charge is 0.505 e. The van der Waals surface area contributed by atoms with E-state index in [1.807, 2.05) is 19.9 Å². The van der Waals surface area contributed by atoms with E-state index >= 15 is 0 Å². The first-order valence-corrected chi connectivity index (χ1v) is 14.4. The number of carbonyl (C=O) groups excluding carboxylic acids is 4. The second-order valence-corrected chi connectivity index (χ2v) is 14.8. The summed E-state index contributed by atoms with van der Waals surface area (Å²) in [6.07, 6.45) is 3.55. The number of aliphatic hydroxyl groups excluding tert-OH is 2. The molecule has 0 bridgehead atoms. The van der Waals surface area contributed by atoms with Crippen molar-refractivity contribution >= 4 is 23.3 Å². The van der Waals surface area contributed by atoms with Gasteiger partial charge in [0, 0.05) is 37.0 Å². The van der Waals surface area contributed by atoms with E-state index in [1.54, 1.807) is 27.7 Å². The van der Waals surface area contributed by atoms with Gasteiger partial charge in [0.25, 0.3) is 0 Å². The normalized spacial score (nSPS) is 40.2. The minimum absolute atomic E-state index is 0.0490. The Labute approximate surface area is 237 Å². The second kappa shape index (κ2) is 9.09. The number of esters is 1. The Balaban J connectivity index is 1.72. The quantitative estimate of drug-likeness (QED) is 0.322. The summed E-state index contributed by atoms with van der Waals surface area (Å²) in [7, 11) is 0. The smallest absolute Gasteiger partial charge is 0.303 e. The molecule has 4 rings (SSSR count). The number of hydrogen-bond acceptors (Lipinski definition) is 8. The maximum Gasteiger partial charge on any atom is 0.303 e. The first kappa shape index (κ1) is 30.6. The van der Waals surface area contributed by atoms with Crippen molar-refractivity contribution < 1.29 is 39.2 Å². The van der Waals surface area contributed by atoms with Gasteiger partial charge < -0.3 is 20.1 Å². The summed E-state index contributed by atoms with van der Waals surface area (Å²) >= 11 is 0. The third-order valence-corrected chi connectivity index (χ3v) is 11.6. The van der Waals surface area contributed by atoms with Gasteiger partial charge in [-0.1, -0.05) is 32.4 Å². The van der Waals surface area contributed by atoms with Crippen molar-refractivity contribution in [3.8, 4) is 0 Å². The molecule has 0 aliphatic heterocycles. The van der Waals surface area contributed by atoms with Crippen LogP contribution in [0.1, 0.15) is 94.4 Å². The lowest BCUT2D eigenvalue weighted by atomic mass is 9.39. The predicted octanol–water partition coefficient (Wildman–Crippen LogP) is 4.41. The molecule has 0 heterocycles. The van der Waals surface area contributed by atoms with Crippen LogP contribution in [-0.2, 0) is 23.9 Å². The highest BCUT2D eigenvalue weighted by atomic mass is 16.6. The molecule has 3 N–H and O–H groups in total. The SMILES string of the molecule is CC(=O)OC(C)(C)CCC(=O)C(C)(O)[C@H]1[C@H](O)C[C@@]2(C)C3CC=C4C(C=C(O)C(=O)C4(C)C)[C@]3(C)C(=O)C[C@]12C. The third kappa shape index (κ3) is 4.07. The van der Waals surface area contributed by atoms with Crippen LogP contribution < -0.4 is 0 Å². The van der Waals surface area contributed by atoms with Crippen LogP contribution in [0.2, 0.25) is 0 Å². The van der Waals surface area contributed by atoms with Gasteiger partial charge in [-0.15, -0.1) is 0 Å². The summed E-state index contributed by atoms with van der Waals surface area (Å²) in [5, 5.41) is 33.9. The number of ether oxygens (including phenoxy) is 1. The number of hydrogen-bond donors (Lipinski definition) is 3. The molecule has 0 amide bonds. The molecule has 222 valence electrons. The van der Waals surface area contributed by atoms with E-state index < -0.39 is 62.6 Å². The maximum atomic E-state index is 14.3. The Bertz CT molecular complexity index is 1220. The van der Waals surface area contributed by atoms with Gasteiger partial charge in [0.15, 0.2) is 11.5 Å². The predicted molar refractivity (Wildman–Crippen MR) is 148 cm³/mol. The molecule has 0 radical (unpaired) electrons. The molecule has 8 atom stereocenters. The highest BCUT2D eigenvalue weighted by molar-refractivity contribution is 6.02. The van der Waals surface area contributed by atoms with Gasteiger partial charge in [-0.2, -0.15) is 0 Å². The summed E-state index contributed by atoms with van der Waals surface area (Å²) < 4.78 is 5.31. The average Bonchev–Trinajstić information content (AvgIpc) is 3.01. The molecule has 0 spiro atoms. The number of Topliss-reactive ketones (excluding diaryl/α,β-unsaturated/α-hetero) is 3. The molecule has 2 fully saturated rings. The summed E-state index contributed by atoms with van der Waals surface area (Å²) in [6.45, 7) is 15.6. The summed E-state index contributed by atoms with van der Waals surface area (Å²) in [6, 6.07) is 0. The van der Waals surface area contributed by atoms with Gasteiger partial charge >= 0.3 is 5.97 Å². The fraction of sp³-hybridized carbons (Fsp3) is 0.750. The van der Waals surface area contributed by atoms with Gasteiger partial charge in [0.1, 0.15) is 17.0 Å². The second-order valence-electron chi connectivity index (χ2n) is 14.8.